The maximum atomic E-state index is 13.5. The predicted octanol–water partition coefficient (Wildman–Crippen LogP) is 4.65. The van der Waals surface area contributed by atoms with Crippen LogP contribution >= 0.6 is 0 Å². The summed E-state index contributed by atoms with van der Waals surface area (Å²) in [6, 6.07) is 17.0. The lowest BCUT2D eigenvalue weighted by Gasteiger charge is -2.43. The maximum Gasteiger partial charge on any atom is 0.411 e. The second-order valence-electron chi connectivity index (χ2n) is 8.50. The molecule has 8 heteroatoms. The third kappa shape index (κ3) is 4.88. The number of aromatic amines is 1. The zero-order valence-electron chi connectivity index (χ0n) is 19.0. The van der Waals surface area contributed by atoms with Crippen molar-refractivity contribution in [3.8, 4) is 11.1 Å². The van der Waals surface area contributed by atoms with Crippen LogP contribution in [-0.2, 0) is 15.2 Å². The SMILES string of the molecule is C[C@@H](c1ccc(-c2ccc[nH]c2=O)cc1)N1CC[C@](CCCON)(c2ccc(F)cc2)OC1=O. The van der Waals surface area contributed by atoms with Crippen molar-refractivity contribution in [1.82, 2.24) is 9.88 Å². The van der Waals surface area contributed by atoms with Gasteiger partial charge in [-0.25, -0.2) is 15.1 Å². The second-order valence-corrected chi connectivity index (χ2v) is 8.50. The van der Waals surface area contributed by atoms with Gasteiger partial charge in [0.2, 0.25) is 0 Å². The molecule has 0 radical (unpaired) electrons. The highest BCUT2D eigenvalue weighted by Crippen LogP contribution is 2.40. The molecule has 1 aliphatic heterocycles. The van der Waals surface area contributed by atoms with Crippen molar-refractivity contribution >= 4 is 6.09 Å². The van der Waals surface area contributed by atoms with E-state index in [1.54, 1.807) is 35.4 Å². The lowest BCUT2D eigenvalue weighted by molar-refractivity contribution is -0.0693. The first-order valence-corrected chi connectivity index (χ1v) is 11.3. The third-order valence-corrected chi connectivity index (χ3v) is 6.48. The molecule has 0 aliphatic carbocycles. The summed E-state index contributed by atoms with van der Waals surface area (Å²) in [5, 5.41) is 0. The van der Waals surface area contributed by atoms with Crippen molar-refractivity contribution in [2.45, 2.75) is 37.8 Å². The van der Waals surface area contributed by atoms with Gasteiger partial charge in [-0.05, 0) is 60.7 Å². The van der Waals surface area contributed by atoms with Crippen LogP contribution < -0.4 is 11.5 Å². The molecule has 4 rings (SSSR count). The van der Waals surface area contributed by atoms with Crippen LogP contribution in [0.25, 0.3) is 11.1 Å². The smallest absolute Gasteiger partial charge is 0.411 e. The summed E-state index contributed by atoms with van der Waals surface area (Å²) in [6.07, 6.45) is 2.83. The highest BCUT2D eigenvalue weighted by Gasteiger charge is 2.43. The summed E-state index contributed by atoms with van der Waals surface area (Å²) in [5.74, 6) is 4.83. The van der Waals surface area contributed by atoms with Crippen LogP contribution in [0, 0.1) is 5.82 Å². The monoisotopic (exact) mass is 465 g/mol. The molecule has 1 amide bonds. The summed E-state index contributed by atoms with van der Waals surface area (Å²) in [4.78, 5) is 34.3. The molecule has 0 bridgehead atoms. The molecule has 34 heavy (non-hydrogen) atoms. The van der Waals surface area contributed by atoms with Crippen molar-refractivity contribution in [2.24, 2.45) is 5.90 Å². The second kappa shape index (κ2) is 10.2. The number of carbonyl (C=O) groups excluding carboxylic acids is 1. The molecule has 1 aliphatic rings. The van der Waals surface area contributed by atoms with E-state index in [-0.39, 0.29) is 17.4 Å². The number of nitrogens with two attached hydrogens (primary N) is 1. The molecule has 2 atom stereocenters. The largest absolute Gasteiger partial charge is 0.438 e. The number of amides is 1. The number of rotatable bonds is 8. The molecule has 3 aromatic rings. The average Bonchev–Trinajstić information content (AvgIpc) is 2.85. The molecule has 2 aromatic carbocycles. The average molecular weight is 466 g/mol. The first kappa shape index (κ1) is 23.7. The molecule has 1 aromatic heterocycles. The molecule has 2 heterocycles. The predicted molar refractivity (Wildman–Crippen MR) is 126 cm³/mol. The van der Waals surface area contributed by atoms with E-state index in [4.69, 9.17) is 15.5 Å². The minimum atomic E-state index is -0.863. The Bertz CT molecular complexity index is 1180. The van der Waals surface area contributed by atoms with Crippen molar-refractivity contribution < 1.29 is 18.8 Å². The highest BCUT2D eigenvalue weighted by atomic mass is 19.1. The Hall–Kier alpha value is -3.49. The minimum absolute atomic E-state index is 0.153. The number of pyridine rings is 1. The number of carbonyl (C=O) groups is 1. The van der Waals surface area contributed by atoms with Crippen molar-refractivity contribution in [3.63, 3.8) is 0 Å². The van der Waals surface area contributed by atoms with E-state index in [9.17, 15) is 14.0 Å². The summed E-state index contributed by atoms with van der Waals surface area (Å²) >= 11 is 0. The lowest BCUT2D eigenvalue weighted by atomic mass is 9.84. The summed E-state index contributed by atoms with van der Waals surface area (Å²) in [5.41, 5.74) is 2.06. The van der Waals surface area contributed by atoms with Gasteiger partial charge in [0, 0.05) is 24.7 Å². The number of aromatic nitrogens is 1. The summed E-state index contributed by atoms with van der Waals surface area (Å²) < 4.78 is 19.5. The Balaban J connectivity index is 1.52. The number of hydrogen-bond acceptors (Lipinski definition) is 5. The number of H-pyrrole nitrogens is 1. The molecule has 0 unspecified atom stereocenters. The molecular formula is C26H28FN3O4. The first-order valence-electron chi connectivity index (χ1n) is 11.3. The van der Waals surface area contributed by atoms with Crippen molar-refractivity contribution in [3.05, 3.63) is 94.2 Å². The van der Waals surface area contributed by atoms with Crippen LogP contribution in [0.1, 0.15) is 43.4 Å². The zero-order chi connectivity index (χ0) is 24.1. The molecule has 0 spiro atoms. The Morgan fingerprint density at radius 1 is 1.15 bits per heavy atom. The lowest BCUT2D eigenvalue weighted by Crippen LogP contribution is -2.48. The van der Waals surface area contributed by atoms with Crippen LogP contribution in [0.5, 0.6) is 0 Å². The van der Waals surface area contributed by atoms with E-state index in [0.29, 0.717) is 38.0 Å². The molecule has 1 fully saturated rings. The van der Waals surface area contributed by atoms with Gasteiger partial charge in [0.05, 0.1) is 12.6 Å². The normalized spacial score (nSPS) is 19.0. The quantitative estimate of drug-likeness (QED) is 0.373. The van der Waals surface area contributed by atoms with Gasteiger partial charge in [0.25, 0.3) is 5.56 Å². The van der Waals surface area contributed by atoms with Gasteiger partial charge >= 0.3 is 6.09 Å². The number of nitrogens with zero attached hydrogens (tertiary/aromatic N) is 1. The van der Waals surface area contributed by atoms with Crippen LogP contribution in [0.2, 0.25) is 0 Å². The molecule has 1 saturated heterocycles. The van der Waals surface area contributed by atoms with Gasteiger partial charge < -0.3 is 19.5 Å². The van der Waals surface area contributed by atoms with Crippen LogP contribution in [0.15, 0.2) is 71.7 Å². The van der Waals surface area contributed by atoms with Crippen LogP contribution in [0.4, 0.5) is 9.18 Å². The number of nitrogens with one attached hydrogen (secondary N) is 1. The van der Waals surface area contributed by atoms with Crippen molar-refractivity contribution in [1.29, 1.82) is 0 Å². The van der Waals surface area contributed by atoms with Gasteiger partial charge in [0.15, 0.2) is 0 Å². The van der Waals surface area contributed by atoms with E-state index in [0.717, 1.165) is 16.7 Å². The zero-order valence-corrected chi connectivity index (χ0v) is 19.0. The Kier molecular flexibility index (Phi) is 7.09. The number of ether oxygens (including phenoxy) is 1. The van der Waals surface area contributed by atoms with E-state index in [1.165, 1.54) is 12.1 Å². The highest BCUT2D eigenvalue weighted by molar-refractivity contribution is 5.70. The topological polar surface area (TPSA) is 97.7 Å². The Morgan fingerprint density at radius 3 is 2.53 bits per heavy atom. The van der Waals surface area contributed by atoms with E-state index in [1.807, 2.05) is 31.2 Å². The first-order chi connectivity index (χ1) is 16.4. The van der Waals surface area contributed by atoms with Gasteiger partial charge in [-0.15, -0.1) is 0 Å². The minimum Gasteiger partial charge on any atom is -0.438 e. The number of cyclic esters (lactones) is 1. The van der Waals surface area contributed by atoms with Gasteiger partial charge in [-0.1, -0.05) is 36.4 Å². The van der Waals surface area contributed by atoms with E-state index < -0.39 is 11.7 Å². The van der Waals surface area contributed by atoms with E-state index in [2.05, 4.69) is 4.98 Å². The van der Waals surface area contributed by atoms with E-state index >= 15 is 0 Å². The number of benzene rings is 2. The molecule has 0 saturated carbocycles. The summed E-state index contributed by atoms with van der Waals surface area (Å²) in [7, 11) is 0. The molecular weight excluding hydrogens is 437 g/mol. The number of hydrogen-bond donors (Lipinski definition) is 2. The van der Waals surface area contributed by atoms with Gasteiger partial charge in [-0.2, -0.15) is 0 Å². The summed E-state index contributed by atoms with van der Waals surface area (Å²) in [6.45, 7) is 2.75. The number of halogens is 1. The van der Waals surface area contributed by atoms with Gasteiger partial charge in [-0.3, -0.25) is 4.79 Å². The molecule has 3 N–H and O–H groups in total. The third-order valence-electron chi connectivity index (χ3n) is 6.48. The van der Waals surface area contributed by atoms with Crippen molar-refractivity contribution in [2.75, 3.05) is 13.2 Å². The van der Waals surface area contributed by atoms with Crippen LogP contribution in [-0.4, -0.2) is 29.1 Å². The fourth-order valence-electron chi connectivity index (χ4n) is 4.51. The molecule has 7 nitrogen and oxygen atoms in total. The standard InChI is InChI=1S/C26H28FN3O4/c1-18(19-5-7-20(8-6-19)23-4-2-15-29-24(23)31)30-16-14-26(34-25(30)32,13-3-17-33-28)21-9-11-22(27)12-10-21/h2,4-12,15,18H,3,13-14,16-17,28H2,1H3,(H,29,31)/t18-,26+/m0/s1. The fourth-order valence-corrected chi connectivity index (χ4v) is 4.51. The van der Waals surface area contributed by atoms with Crippen LogP contribution in [0.3, 0.4) is 0 Å². The Labute approximate surface area is 197 Å². The van der Waals surface area contributed by atoms with Gasteiger partial charge in [0.1, 0.15) is 11.4 Å². The fraction of sp³-hybridized carbons (Fsp3) is 0.308. The Morgan fingerprint density at radius 2 is 1.88 bits per heavy atom. The maximum absolute atomic E-state index is 13.5. The molecule has 178 valence electrons.